The van der Waals surface area contributed by atoms with Gasteiger partial charge in [-0.05, 0) is 55.9 Å². The van der Waals surface area contributed by atoms with Crippen molar-refractivity contribution in [2.45, 2.75) is 6.42 Å². The monoisotopic (exact) mass is 400 g/mol. The van der Waals surface area contributed by atoms with Gasteiger partial charge >= 0.3 is 0 Å². The lowest BCUT2D eigenvalue weighted by Gasteiger charge is -2.19. The van der Waals surface area contributed by atoms with E-state index >= 15 is 0 Å². The highest BCUT2D eigenvalue weighted by atomic mass is 16.2. The Balaban J connectivity index is 1.45. The summed E-state index contributed by atoms with van der Waals surface area (Å²) in [5.41, 5.74) is 3.68. The molecule has 152 valence electrons. The van der Waals surface area contributed by atoms with Crippen LogP contribution in [0.5, 0.6) is 0 Å². The molecule has 0 spiro atoms. The molecule has 7 nitrogen and oxygen atoms in total. The average Bonchev–Trinajstić information content (AvgIpc) is 3.37. The van der Waals surface area contributed by atoms with Crippen molar-refractivity contribution < 1.29 is 4.79 Å². The van der Waals surface area contributed by atoms with Crippen LogP contribution in [-0.4, -0.2) is 68.1 Å². The second-order valence-electron chi connectivity index (χ2n) is 7.74. The molecule has 0 atom stereocenters. The maximum Gasteiger partial charge on any atom is 0.274 e. The molecule has 5 rings (SSSR count). The third-order valence-corrected chi connectivity index (χ3v) is 5.67. The van der Waals surface area contributed by atoms with Crippen molar-refractivity contribution in [1.82, 2.24) is 29.0 Å². The summed E-state index contributed by atoms with van der Waals surface area (Å²) in [7, 11) is 2.10. The third-order valence-electron chi connectivity index (χ3n) is 5.67. The van der Waals surface area contributed by atoms with Crippen molar-refractivity contribution in [3.05, 3.63) is 72.9 Å². The quantitative estimate of drug-likeness (QED) is 0.531. The molecule has 1 saturated heterocycles. The van der Waals surface area contributed by atoms with Crippen LogP contribution in [0.1, 0.15) is 16.9 Å². The van der Waals surface area contributed by atoms with Crippen LogP contribution in [0.4, 0.5) is 0 Å². The molecule has 0 aromatic carbocycles. The van der Waals surface area contributed by atoms with E-state index in [1.54, 1.807) is 16.9 Å². The number of fused-ring (bicyclic) bond motifs is 1. The summed E-state index contributed by atoms with van der Waals surface area (Å²) in [6, 6.07) is 14.0. The molecule has 7 heteroatoms. The summed E-state index contributed by atoms with van der Waals surface area (Å²) in [6.45, 7) is 3.43. The lowest BCUT2D eigenvalue weighted by Crippen LogP contribution is -2.34. The topological polar surface area (TPSA) is 58.7 Å². The Morgan fingerprint density at radius 2 is 1.87 bits per heavy atom. The Hall–Kier alpha value is -3.45. The number of aromatic nitrogens is 4. The standard InChI is InChI=1S/C23H24N6O/c1-26-11-3-12-27(15-14-26)23(30)21-9-13-29(25-21)22-8-7-20-6-5-19(17-28(20)22)18-4-2-10-24-16-18/h2,4-10,13,16-17H,3,11-12,14-15H2,1H3. The molecule has 4 aromatic heterocycles. The highest BCUT2D eigenvalue weighted by Gasteiger charge is 2.21. The first-order valence-corrected chi connectivity index (χ1v) is 10.2. The van der Waals surface area contributed by atoms with Gasteiger partial charge in [0.05, 0.1) is 0 Å². The van der Waals surface area contributed by atoms with Crippen LogP contribution >= 0.6 is 0 Å². The van der Waals surface area contributed by atoms with E-state index in [1.807, 2.05) is 35.5 Å². The van der Waals surface area contributed by atoms with Crippen LogP contribution in [0, 0.1) is 0 Å². The van der Waals surface area contributed by atoms with E-state index in [4.69, 9.17) is 0 Å². The summed E-state index contributed by atoms with van der Waals surface area (Å²) < 4.78 is 3.86. The first-order chi connectivity index (χ1) is 14.7. The van der Waals surface area contributed by atoms with Gasteiger partial charge in [0.1, 0.15) is 5.82 Å². The van der Waals surface area contributed by atoms with Gasteiger partial charge in [0.2, 0.25) is 0 Å². The van der Waals surface area contributed by atoms with Gasteiger partial charge in [0, 0.05) is 55.5 Å². The third kappa shape index (κ3) is 3.48. The molecule has 1 fully saturated rings. The first kappa shape index (κ1) is 18.6. The molecule has 4 aromatic rings. The van der Waals surface area contributed by atoms with Gasteiger partial charge in [0.25, 0.3) is 5.91 Å². The van der Waals surface area contributed by atoms with Crippen molar-refractivity contribution in [2.24, 2.45) is 0 Å². The van der Waals surface area contributed by atoms with Crippen molar-refractivity contribution in [2.75, 3.05) is 33.2 Å². The average molecular weight is 400 g/mol. The van der Waals surface area contributed by atoms with E-state index in [0.717, 1.165) is 55.1 Å². The summed E-state index contributed by atoms with van der Waals surface area (Å²) in [5.74, 6) is 0.895. The minimum Gasteiger partial charge on any atom is -0.336 e. The number of pyridine rings is 2. The minimum absolute atomic E-state index is 0.000889. The van der Waals surface area contributed by atoms with Crippen LogP contribution in [0.25, 0.3) is 22.5 Å². The van der Waals surface area contributed by atoms with E-state index in [2.05, 4.69) is 50.8 Å². The van der Waals surface area contributed by atoms with Gasteiger partial charge in [-0.1, -0.05) is 12.1 Å². The number of hydrogen-bond donors (Lipinski definition) is 0. The van der Waals surface area contributed by atoms with Crippen molar-refractivity contribution in [3.63, 3.8) is 0 Å². The zero-order chi connectivity index (χ0) is 20.5. The molecular weight excluding hydrogens is 376 g/mol. The Morgan fingerprint density at radius 1 is 0.967 bits per heavy atom. The molecule has 1 aliphatic rings. The van der Waals surface area contributed by atoms with E-state index in [-0.39, 0.29) is 5.91 Å². The van der Waals surface area contributed by atoms with Crippen LogP contribution in [0.2, 0.25) is 0 Å². The minimum atomic E-state index is 0.000889. The van der Waals surface area contributed by atoms with Gasteiger partial charge in [-0.25, -0.2) is 4.68 Å². The SMILES string of the molecule is CN1CCCN(C(=O)c2ccn(-c3ccc4ccc(-c5cccnc5)cn34)n2)CC1. The van der Waals surface area contributed by atoms with Crippen LogP contribution in [0.15, 0.2) is 67.3 Å². The predicted octanol–water partition coefficient (Wildman–Crippen LogP) is 2.96. The van der Waals surface area contributed by atoms with E-state index < -0.39 is 0 Å². The maximum atomic E-state index is 13.0. The molecule has 0 aliphatic carbocycles. The largest absolute Gasteiger partial charge is 0.336 e. The summed E-state index contributed by atoms with van der Waals surface area (Å²) in [5, 5.41) is 4.61. The molecule has 0 radical (unpaired) electrons. The second kappa shape index (κ2) is 7.76. The van der Waals surface area contributed by atoms with Gasteiger partial charge in [0.15, 0.2) is 5.69 Å². The Labute approximate surface area is 175 Å². The summed E-state index contributed by atoms with van der Waals surface area (Å²) in [6.07, 6.45) is 8.55. The van der Waals surface area contributed by atoms with E-state index in [0.29, 0.717) is 5.69 Å². The molecule has 30 heavy (non-hydrogen) atoms. The fourth-order valence-electron chi connectivity index (χ4n) is 3.95. The fraction of sp³-hybridized carbons (Fsp3) is 0.261. The van der Waals surface area contributed by atoms with Gasteiger partial charge in [-0.3, -0.25) is 9.78 Å². The zero-order valence-corrected chi connectivity index (χ0v) is 17.0. The van der Waals surface area contributed by atoms with Crippen molar-refractivity contribution in [1.29, 1.82) is 0 Å². The lowest BCUT2D eigenvalue weighted by atomic mass is 10.1. The normalized spacial score (nSPS) is 15.4. The Bertz CT molecular complexity index is 1180. The number of rotatable bonds is 3. The highest BCUT2D eigenvalue weighted by Crippen LogP contribution is 2.22. The van der Waals surface area contributed by atoms with E-state index in [1.165, 1.54) is 0 Å². The molecule has 0 bridgehead atoms. The maximum absolute atomic E-state index is 13.0. The van der Waals surface area contributed by atoms with Crippen LogP contribution < -0.4 is 0 Å². The predicted molar refractivity (Wildman–Crippen MR) is 116 cm³/mol. The zero-order valence-electron chi connectivity index (χ0n) is 17.0. The smallest absolute Gasteiger partial charge is 0.274 e. The second-order valence-corrected chi connectivity index (χ2v) is 7.74. The van der Waals surface area contributed by atoms with Crippen molar-refractivity contribution in [3.8, 4) is 16.9 Å². The van der Waals surface area contributed by atoms with Crippen LogP contribution in [0.3, 0.4) is 0 Å². The van der Waals surface area contributed by atoms with Crippen LogP contribution in [-0.2, 0) is 0 Å². The molecule has 1 aliphatic heterocycles. The van der Waals surface area contributed by atoms with Gasteiger partial charge in [-0.2, -0.15) is 5.10 Å². The summed E-state index contributed by atoms with van der Waals surface area (Å²) >= 11 is 0. The van der Waals surface area contributed by atoms with Gasteiger partial charge < -0.3 is 14.2 Å². The summed E-state index contributed by atoms with van der Waals surface area (Å²) in [4.78, 5) is 21.4. The molecule has 0 unspecified atom stereocenters. The van der Waals surface area contributed by atoms with E-state index in [9.17, 15) is 4.79 Å². The number of hydrogen-bond acceptors (Lipinski definition) is 4. The lowest BCUT2D eigenvalue weighted by molar-refractivity contribution is 0.0756. The van der Waals surface area contributed by atoms with Gasteiger partial charge in [-0.15, -0.1) is 0 Å². The number of likely N-dealkylation sites (N-methyl/N-ethyl adjacent to an activating group) is 1. The highest BCUT2D eigenvalue weighted by molar-refractivity contribution is 5.92. The molecule has 0 N–H and O–H groups in total. The Morgan fingerprint density at radius 3 is 2.73 bits per heavy atom. The number of carbonyl (C=O) groups is 1. The Kier molecular flexibility index (Phi) is 4.80. The molecular formula is C23H24N6O. The number of carbonyl (C=O) groups excluding carboxylic acids is 1. The molecule has 0 saturated carbocycles. The molecule has 5 heterocycles. The van der Waals surface area contributed by atoms with Crippen molar-refractivity contribution >= 4 is 11.4 Å². The number of nitrogens with zero attached hydrogens (tertiary/aromatic N) is 6. The molecule has 1 amide bonds. The number of amides is 1. The fourth-order valence-corrected chi connectivity index (χ4v) is 3.95. The first-order valence-electron chi connectivity index (χ1n) is 10.2.